The molecule has 0 aromatic carbocycles. The van der Waals surface area contributed by atoms with Crippen LogP contribution in [0.3, 0.4) is 0 Å². The number of hydrogen-bond acceptors (Lipinski definition) is 6. The van der Waals surface area contributed by atoms with Gasteiger partial charge in [-0.2, -0.15) is 0 Å². The zero-order valence-corrected chi connectivity index (χ0v) is 19.0. The highest BCUT2D eigenvalue weighted by atomic mass is 16.8. The molecule has 3 aliphatic rings. The summed E-state index contributed by atoms with van der Waals surface area (Å²) in [7, 11) is 0. The van der Waals surface area contributed by atoms with Crippen molar-refractivity contribution in [3.05, 3.63) is 30.0 Å². The molecule has 2 aliphatic heterocycles. The predicted octanol–water partition coefficient (Wildman–Crippen LogP) is 3.42. The molecular formula is C24H34N4O5. The van der Waals surface area contributed by atoms with Crippen molar-refractivity contribution in [2.24, 2.45) is 5.92 Å². The highest BCUT2D eigenvalue weighted by Gasteiger charge is 2.33. The highest BCUT2D eigenvalue weighted by Crippen LogP contribution is 2.28. The third kappa shape index (κ3) is 6.75. The van der Waals surface area contributed by atoms with Crippen LogP contribution in [0.2, 0.25) is 0 Å². The van der Waals surface area contributed by atoms with Crippen molar-refractivity contribution in [1.29, 1.82) is 0 Å². The van der Waals surface area contributed by atoms with Crippen LogP contribution in [0.15, 0.2) is 24.4 Å². The number of carbonyl (C=O) groups is 2. The molecule has 1 saturated carbocycles. The molecule has 3 heterocycles. The summed E-state index contributed by atoms with van der Waals surface area (Å²) in [5, 5.41) is 9.85. The third-order valence-corrected chi connectivity index (χ3v) is 6.68. The van der Waals surface area contributed by atoms with Gasteiger partial charge in [-0.15, -0.1) is 0 Å². The molecule has 1 aromatic rings. The molecular weight excluding hydrogens is 424 g/mol. The first-order valence-electron chi connectivity index (χ1n) is 12.0. The largest absolute Gasteiger partial charge is 0.465 e. The van der Waals surface area contributed by atoms with Crippen LogP contribution >= 0.6 is 0 Å². The van der Waals surface area contributed by atoms with E-state index in [0.29, 0.717) is 18.0 Å². The number of carbonyl (C=O) groups excluding carboxylic acids is 1. The molecule has 1 aromatic heterocycles. The van der Waals surface area contributed by atoms with Crippen LogP contribution in [0.1, 0.15) is 56.9 Å². The van der Waals surface area contributed by atoms with E-state index >= 15 is 0 Å². The Balaban J connectivity index is 1.29. The van der Waals surface area contributed by atoms with Gasteiger partial charge in [0.1, 0.15) is 5.82 Å². The van der Waals surface area contributed by atoms with Crippen LogP contribution in [-0.2, 0) is 14.4 Å². The zero-order valence-electron chi connectivity index (χ0n) is 19.0. The van der Waals surface area contributed by atoms with Gasteiger partial charge in [0.25, 0.3) is 5.91 Å². The number of amides is 2. The van der Waals surface area contributed by atoms with Gasteiger partial charge < -0.3 is 14.7 Å². The Labute approximate surface area is 194 Å². The molecule has 9 heteroatoms. The first-order valence-corrected chi connectivity index (χ1v) is 12.0. The molecule has 2 N–H and O–H groups in total. The molecule has 1 aliphatic carbocycles. The van der Waals surface area contributed by atoms with Crippen molar-refractivity contribution in [2.45, 2.75) is 63.7 Å². The maximum atomic E-state index is 12.0. The first kappa shape index (κ1) is 23.7. The van der Waals surface area contributed by atoms with Gasteiger partial charge >= 0.3 is 6.09 Å². The standard InChI is InChI=1S/C24H34N4O5/c29-22(26-33-23-7-3-4-14-32-23)11-9-18-8-10-21(25-15-18)28(24(30)31)20-12-13-27(17-20)16-19-5-1-2-6-19/h8-11,15,19-20,23H,1-7,12-14,16-17H2,(H,26,29)(H,30,31)/b11-9+/t20-,23?/m1/s1. The molecule has 2 saturated heterocycles. The van der Waals surface area contributed by atoms with Gasteiger partial charge in [-0.05, 0) is 61.8 Å². The van der Waals surface area contributed by atoms with E-state index in [1.807, 2.05) is 0 Å². The number of nitrogens with one attached hydrogen (secondary N) is 1. The number of anilines is 1. The summed E-state index contributed by atoms with van der Waals surface area (Å²) in [6.07, 6.45) is 12.0. The van der Waals surface area contributed by atoms with E-state index < -0.39 is 18.3 Å². The fourth-order valence-corrected chi connectivity index (χ4v) is 4.96. The van der Waals surface area contributed by atoms with E-state index in [0.717, 1.165) is 51.2 Å². The monoisotopic (exact) mass is 458 g/mol. The lowest BCUT2D eigenvalue weighted by Crippen LogP contribution is -2.42. The van der Waals surface area contributed by atoms with E-state index in [4.69, 9.17) is 9.57 Å². The topological polar surface area (TPSA) is 104 Å². The minimum absolute atomic E-state index is 0.0947. The zero-order chi connectivity index (χ0) is 23.0. The third-order valence-electron chi connectivity index (χ3n) is 6.68. The fraction of sp³-hybridized carbons (Fsp3) is 0.625. The van der Waals surface area contributed by atoms with Gasteiger partial charge in [-0.1, -0.05) is 12.8 Å². The maximum absolute atomic E-state index is 12.0. The SMILES string of the molecule is O=C(/C=C/c1ccc(N(C(=O)O)[C@@H]2CCN(CC3CCCC3)C2)nc1)NOC1CCCCO1. The number of rotatable bonds is 8. The van der Waals surface area contributed by atoms with E-state index in [2.05, 4.69) is 15.4 Å². The number of pyridine rings is 1. The number of ether oxygens (including phenoxy) is 1. The lowest BCUT2D eigenvalue weighted by Gasteiger charge is -2.26. The quantitative estimate of drug-likeness (QED) is 0.454. The summed E-state index contributed by atoms with van der Waals surface area (Å²) < 4.78 is 5.40. The molecule has 2 atom stereocenters. The normalized spacial score (nSPS) is 24.4. The molecule has 180 valence electrons. The second-order valence-corrected chi connectivity index (χ2v) is 9.17. The Hall–Kier alpha value is -2.49. The van der Waals surface area contributed by atoms with Gasteiger partial charge in [0, 0.05) is 44.9 Å². The number of carboxylic acid groups (broad SMARTS) is 1. The molecule has 33 heavy (non-hydrogen) atoms. The highest BCUT2D eigenvalue weighted by molar-refractivity contribution is 5.91. The number of likely N-dealkylation sites (tertiary alicyclic amines) is 1. The van der Waals surface area contributed by atoms with Gasteiger partial charge in [-0.25, -0.2) is 20.1 Å². The van der Waals surface area contributed by atoms with E-state index in [1.165, 1.54) is 36.7 Å². The Morgan fingerprint density at radius 2 is 2.03 bits per heavy atom. The summed E-state index contributed by atoms with van der Waals surface area (Å²) in [5.74, 6) is 0.771. The lowest BCUT2D eigenvalue weighted by atomic mass is 10.1. The molecule has 0 bridgehead atoms. The minimum atomic E-state index is -0.986. The second-order valence-electron chi connectivity index (χ2n) is 9.17. The van der Waals surface area contributed by atoms with Gasteiger partial charge in [0.15, 0.2) is 6.29 Å². The number of hydrogen-bond donors (Lipinski definition) is 2. The summed E-state index contributed by atoms with van der Waals surface area (Å²) in [5.41, 5.74) is 3.07. The van der Waals surface area contributed by atoms with Gasteiger partial charge in [0.2, 0.25) is 0 Å². The summed E-state index contributed by atoms with van der Waals surface area (Å²) in [6.45, 7) is 3.38. The average molecular weight is 459 g/mol. The predicted molar refractivity (Wildman–Crippen MR) is 123 cm³/mol. The Morgan fingerprint density at radius 1 is 1.21 bits per heavy atom. The smallest absolute Gasteiger partial charge is 0.413 e. The van der Waals surface area contributed by atoms with Crippen molar-refractivity contribution < 1.29 is 24.3 Å². The van der Waals surface area contributed by atoms with Crippen LogP contribution < -0.4 is 10.4 Å². The Bertz CT molecular complexity index is 819. The molecule has 2 amide bonds. The van der Waals surface area contributed by atoms with Crippen molar-refractivity contribution in [3.8, 4) is 0 Å². The fourth-order valence-electron chi connectivity index (χ4n) is 4.96. The Morgan fingerprint density at radius 3 is 2.73 bits per heavy atom. The molecule has 3 fully saturated rings. The lowest BCUT2D eigenvalue weighted by molar-refractivity contribution is -0.198. The number of hydroxylamine groups is 1. The van der Waals surface area contributed by atoms with Crippen LogP contribution in [0.25, 0.3) is 6.08 Å². The van der Waals surface area contributed by atoms with E-state index in [1.54, 1.807) is 24.4 Å². The van der Waals surface area contributed by atoms with Crippen LogP contribution in [0.4, 0.5) is 10.6 Å². The molecule has 9 nitrogen and oxygen atoms in total. The summed E-state index contributed by atoms with van der Waals surface area (Å²) in [4.78, 5) is 37.4. The molecule has 0 spiro atoms. The van der Waals surface area contributed by atoms with Gasteiger partial charge in [-0.3, -0.25) is 9.69 Å². The average Bonchev–Trinajstić information content (AvgIpc) is 3.50. The van der Waals surface area contributed by atoms with Crippen molar-refractivity contribution in [1.82, 2.24) is 15.4 Å². The summed E-state index contributed by atoms with van der Waals surface area (Å²) >= 11 is 0. The van der Waals surface area contributed by atoms with Crippen LogP contribution in [0.5, 0.6) is 0 Å². The second kappa shape index (κ2) is 11.6. The van der Waals surface area contributed by atoms with Crippen LogP contribution in [-0.4, -0.2) is 65.6 Å². The van der Waals surface area contributed by atoms with Crippen LogP contribution in [0, 0.1) is 5.92 Å². The van der Waals surface area contributed by atoms with E-state index in [9.17, 15) is 14.7 Å². The Kier molecular flexibility index (Phi) is 8.30. The van der Waals surface area contributed by atoms with Crippen molar-refractivity contribution in [3.63, 3.8) is 0 Å². The molecule has 0 radical (unpaired) electrons. The number of nitrogens with zero attached hydrogens (tertiary/aromatic N) is 3. The van der Waals surface area contributed by atoms with E-state index in [-0.39, 0.29) is 6.04 Å². The maximum Gasteiger partial charge on any atom is 0.413 e. The number of aromatic nitrogens is 1. The van der Waals surface area contributed by atoms with Gasteiger partial charge in [0.05, 0.1) is 6.04 Å². The minimum Gasteiger partial charge on any atom is -0.465 e. The molecule has 4 rings (SSSR count). The molecule has 1 unspecified atom stereocenters. The first-order chi connectivity index (χ1) is 16.1. The summed E-state index contributed by atoms with van der Waals surface area (Å²) in [6, 6.07) is 3.36. The van der Waals surface area contributed by atoms with Crippen molar-refractivity contribution in [2.75, 3.05) is 31.1 Å². The van der Waals surface area contributed by atoms with Crippen molar-refractivity contribution >= 4 is 23.9 Å².